The predicted octanol–water partition coefficient (Wildman–Crippen LogP) is 5.00. The van der Waals surface area contributed by atoms with Crippen molar-refractivity contribution in [2.45, 2.75) is 6.04 Å². The third-order valence-electron chi connectivity index (χ3n) is 3.85. The van der Waals surface area contributed by atoms with Crippen molar-refractivity contribution >= 4 is 43.5 Å². The summed E-state index contributed by atoms with van der Waals surface area (Å²) in [5.74, 6) is 0.365. The van der Waals surface area contributed by atoms with Gasteiger partial charge in [0.25, 0.3) is 0 Å². The number of nitrogens with zero attached hydrogens (tertiary/aromatic N) is 3. The molecule has 0 saturated carbocycles. The summed E-state index contributed by atoms with van der Waals surface area (Å²) in [5, 5.41) is 7.58. The number of anilines is 1. The summed E-state index contributed by atoms with van der Waals surface area (Å²) in [6.45, 7) is 0. The van der Waals surface area contributed by atoms with Gasteiger partial charge in [-0.05, 0) is 57.4 Å². The molecule has 0 radical (unpaired) electrons. The van der Waals surface area contributed by atoms with Gasteiger partial charge in [0.15, 0.2) is 0 Å². The van der Waals surface area contributed by atoms with Gasteiger partial charge in [-0.15, -0.1) is 0 Å². The van der Waals surface area contributed by atoms with E-state index < -0.39 is 0 Å². The first-order valence-corrected chi connectivity index (χ1v) is 8.79. The van der Waals surface area contributed by atoms with Gasteiger partial charge in [-0.1, -0.05) is 34.1 Å². The van der Waals surface area contributed by atoms with Crippen molar-refractivity contribution in [2.75, 3.05) is 5.32 Å². The zero-order chi connectivity index (χ0) is 16.7. The molecule has 1 aliphatic heterocycles. The lowest BCUT2D eigenvalue weighted by Crippen LogP contribution is -2.20. The summed E-state index contributed by atoms with van der Waals surface area (Å²) >= 11 is 6.69. The van der Waals surface area contributed by atoms with Gasteiger partial charge in [-0.25, -0.2) is 9.07 Å². The molecule has 1 unspecified atom stereocenters. The van der Waals surface area contributed by atoms with Gasteiger partial charge in [0.05, 0.1) is 4.47 Å². The van der Waals surface area contributed by atoms with Crippen LogP contribution in [0.1, 0.15) is 17.2 Å². The second-order valence-corrected chi connectivity index (χ2v) is 7.13. The number of nitrogens with one attached hydrogen (secondary N) is 1. The molecule has 1 aliphatic rings. The topological polar surface area (TPSA) is 42.7 Å². The van der Waals surface area contributed by atoms with Crippen LogP contribution >= 0.6 is 31.9 Å². The molecule has 120 valence electrons. The molecule has 0 bridgehead atoms. The quantitative estimate of drug-likeness (QED) is 0.598. The van der Waals surface area contributed by atoms with E-state index in [0.29, 0.717) is 10.4 Å². The van der Waals surface area contributed by atoms with Crippen LogP contribution in [0.4, 0.5) is 10.3 Å². The van der Waals surface area contributed by atoms with Crippen LogP contribution in [-0.2, 0) is 0 Å². The SMILES string of the molecule is Fc1ccc(C2C=C(c3ccc(Br)cc3)Nc3ncnn32)cc1Br. The standard InChI is InChI=1S/C17H11Br2FN4/c18-12-4-1-10(2-5-12)15-8-16(24-17(23-15)21-9-22-24)11-3-6-14(20)13(19)7-11/h1-9,16H,(H,21,22,23). The van der Waals surface area contributed by atoms with Crippen molar-refractivity contribution < 1.29 is 4.39 Å². The minimum absolute atomic E-state index is 0.167. The zero-order valence-electron chi connectivity index (χ0n) is 12.2. The monoisotopic (exact) mass is 448 g/mol. The molecule has 4 rings (SSSR count). The number of benzene rings is 2. The molecule has 24 heavy (non-hydrogen) atoms. The summed E-state index contributed by atoms with van der Waals surface area (Å²) in [6.07, 6.45) is 3.57. The van der Waals surface area contributed by atoms with Gasteiger partial charge in [0, 0.05) is 10.2 Å². The number of rotatable bonds is 2. The minimum Gasteiger partial charge on any atom is -0.324 e. The Hall–Kier alpha value is -1.99. The largest absolute Gasteiger partial charge is 0.324 e. The highest BCUT2D eigenvalue weighted by molar-refractivity contribution is 9.10. The number of halogens is 3. The molecule has 0 amide bonds. The molecule has 1 aromatic heterocycles. The normalized spacial score (nSPS) is 16.3. The third kappa shape index (κ3) is 2.78. The minimum atomic E-state index is -0.288. The molecule has 7 heteroatoms. The van der Waals surface area contributed by atoms with Crippen LogP contribution in [0.25, 0.3) is 5.70 Å². The Kier molecular flexibility index (Phi) is 3.97. The molecule has 2 heterocycles. The fourth-order valence-electron chi connectivity index (χ4n) is 2.67. The maximum Gasteiger partial charge on any atom is 0.226 e. The third-order valence-corrected chi connectivity index (χ3v) is 4.98. The molecular weight excluding hydrogens is 439 g/mol. The smallest absolute Gasteiger partial charge is 0.226 e. The average molecular weight is 450 g/mol. The number of hydrogen-bond acceptors (Lipinski definition) is 3. The second-order valence-electron chi connectivity index (χ2n) is 5.36. The molecule has 0 spiro atoms. The summed E-state index contributed by atoms with van der Waals surface area (Å²) in [7, 11) is 0. The van der Waals surface area contributed by atoms with E-state index in [1.807, 2.05) is 24.3 Å². The van der Waals surface area contributed by atoms with Crippen LogP contribution in [0, 0.1) is 5.82 Å². The highest BCUT2D eigenvalue weighted by Gasteiger charge is 2.23. The van der Waals surface area contributed by atoms with Crippen molar-refractivity contribution in [3.63, 3.8) is 0 Å². The van der Waals surface area contributed by atoms with Crippen LogP contribution < -0.4 is 5.32 Å². The van der Waals surface area contributed by atoms with Crippen molar-refractivity contribution in [1.29, 1.82) is 0 Å². The summed E-state index contributed by atoms with van der Waals surface area (Å²) < 4.78 is 16.8. The Morgan fingerprint density at radius 1 is 1.08 bits per heavy atom. The van der Waals surface area contributed by atoms with Gasteiger partial charge in [-0.2, -0.15) is 10.1 Å². The molecule has 0 fully saturated rings. The van der Waals surface area contributed by atoms with E-state index in [1.54, 1.807) is 16.8 Å². The highest BCUT2D eigenvalue weighted by atomic mass is 79.9. The van der Waals surface area contributed by atoms with Crippen molar-refractivity contribution in [3.8, 4) is 0 Å². The Balaban J connectivity index is 1.81. The zero-order valence-corrected chi connectivity index (χ0v) is 15.4. The summed E-state index contributed by atoms with van der Waals surface area (Å²) in [5.41, 5.74) is 2.90. The molecule has 2 aromatic carbocycles. The molecule has 1 atom stereocenters. The van der Waals surface area contributed by atoms with E-state index in [-0.39, 0.29) is 11.9 Å². The van der Waals surface area contributed by atoms with Crippen molar-refractivity contribution in [1.82, 2.24) is 14.8 Å². The number of aromatic nitrogens is 3. The maximum atomic E-state index is 13.6. The first kappa shape index (κ1) is 15.5. The number of allylic oxidation sites excluding steroid dienone is 1. The Bertz CT molecular complexity index is 934. The van der Waals surface area contributed by atoms with Crippen molar-refractivity contribution in [3.05, 3.63) is 80.8 Å². The van der Waals surface area contributed by atoms with Crippen LogP contribution in [0.5, 0.6) is 0 Å². The van der Waals surface area contributed by atoms with Gasteiger partial charge >= 0.3 is 0 Å². The average Bonchev–Trinajstić information content (AvgIpc) is 3.06. The predicted molar refractivity (Wildman–Crippen MR) is 98.0 cm³/mol. The Labute approximate surface area is 154 Å². The molecule has 1 N–H and O–H groups in total. The van der Waals surface area contributed by atoms with Crippen LogP contribution in [-0.4, -0.2) is 14.8 Å². The Morgan fingerprint density at radius 2 is 1.88 bits per heavy atom. The van der Waals surface area contributed by atoms with E-state index in [2.05, 4.69) is 53.3 Å². The van der Waals surface area contributed by atoms with Gasteiger partial charge < -0.3 is 5.32 Å². The Morgan fingerprint density at radius 3 is 2.62 bits per heavy atom. The molecule has 0 aliphatic carbocycles. The van der Waals surface area contributed by atoms with E-state index in [4.69, 9.17) is 0 Å². The summed E-state index contributed by atoms with van der Waals surface area (Å²) in [6, 6.07) is 12.8. The summed E-state index contributed by atoms with van der Waals surface area (Å²) in [4.78, 5) is 4.27. The molecule has 4 nitrogen and oxygen atoms in total. The van der Waals surface area contributed by atoms with Crippen molar-refractivity contribution in [2.24, 2.45) is 0 Å². The lowest BCUT2D eigenvalue weighted by atomic mass is 10.0. The highest BCUT2D eigenvalue weighted by Crippen LogP contribution is 2.33. The van der Waals surface area contributed by atoms with Crippen LogP contribution in [0.3, 0.4) is 0 Å². The van der Waals surface area contributed by atoms with E-state index in [9.17, 15) is 4.39 Å². The van der Waals surface area contributed by atoms with Crippen LogP contribution in [0.2, 0.25) is 0 Å². The molecule has 0 saturated heterocycles. The van der Waals surface area contributed by atoms with Gasteiger partial charge in [0.2, 0.25) is 5.95 Å². The van der Waals surface area contributed by atoms with Crippen LogP contribution in [0.15, 0.2) is 63.8 Å². The lowest BCUT2D eigenvalue weighted by Gasteiger charge is -2.24. The van der Waals surface area contributed by atoms with E-state index >= 15 is 0 Å². The lowest BCUT2D eigenvalue weighted by molar-refractivity contribution is 0.599. The molecular formula is C17H11Br2FN4. The maximum absolute atomic E-state index is 13.6. The fourth-order valence-corrected chi connectivity index (χ4v) is 3.33. The number of fused-ring (bicyclic) bond motifs is 1. The second kappa shape index (κ2) is 6.14. The fraction of sp³-hybridized carbons (Fsp3) is 0.0588. The van der Waals surface area contributed by atoms with E-state index in [1.165, 1.54) is 12.4 Å². The van der Waals surface area contributed by atoms with E-state index in [0.717, 1.165) is 21.3 Å². The first-order chi connectivity index (χ1) is 11.6. The number of hydrogen-bond donors (Lipinski definition) is 1. The van der Waals surface area contributed by atoms with Gasteiger partial charge in [0.1, 0.15) is 18.2 Å². The first-order valence-electron chi connectivity index (χ1n) is 7.21. The van der Waals surface area contributed by atoms with Gasteiger partial charge in [-0.3, -0.25) is 0 Å². The molecule has 3 aromatic rings.